The molecule has 2 aromatic rings. The number of non-ortho nitro benzene ring substituents is 1. The smallest absolute Gasteiger partial charge is 0.339 e. The van der Waals surface area contributed by atoms with Crippen LogP contribution in [-0.4, -0.2) is 41.6 Å². The number of imide groups is 1. The molecule has 1 fully saturated rings. The van der Waals surface area contributed by atoms with E-state index >= 15 is 0 Å². The number of oxime groups is 1. The average Bonchev–Trinajstić information content (AvgIpc) is 3.28. The van der Waals surface area contributed by atoms with Gasteiger partial charge in [0.1, 0.15) is 11.6 Å². The van der Waals surface area contributed by atoms with Gasteiger partial charge in [-0.2, -0.15) is 0 Å². The van der Waals surface area contributed by atoms with Gasteiger partial charge in [0.25, 0.3) is 11.6 Å². The monoisotopic (exact) mass is 395 g/mol. The second kappa shape index (κ2) is 6.82. The molecule has 0 spiro atoms. The average molecular weight is 395 g/mol. The van der Waals surface area contributed by atoms with Gasteiger partial charge in [0.2, 0.25) is 12.0 Å². The van der Waals surface area contributed by atoms with Gasteiger partial charge in [0.05, 0.1) is 23.3 Å². The van der Waals surface area contributed by atoms with E-state index in [1.54, 1.807) is 12.1 Å². The molecule has 2 aliphatic heterocycles. The molecule has 10 nitrogen and oxygen atoms in total. The number of ether oxygens (including phenoxy) is 1. The predicted octanol–water partition coefficient (Wildman–Crippen LogP) is 1.67. The summed E-state index contributed by atoms with van der Waals surface area (Å²) in [5.41, 5.74) is 0.654. The van der Waals surface area contributed by atoms with Crippen molar-refractivity contribution in [3.8, 4) is 0 Å². The number of esters is 1. The quantitative estimate of drug-likeness (QED) is 0.333. The van der Waals surface area contributed by atoms with Gasteiger partial charge in [-0.15, -0.1) is 0 Å². The molecule has 0 aromatic heterocycles. The minimum Gasteiger partial charge on any atom is -0.465 e. The third kappa shape index (κ3) is 2.81. The summed E-state index contributed by atoms with van der Waals surface area (Å²) in [6.07, 6.45) is -1.17. The van der Waals surface area contributed by atoms with Gasteiger partial charge in [0.15, 0.2) is 0 Å². The Balaban J connectivity index is 1.70. The Morgan fingerprint density at radius 2 is 1.83 bits per heavy atom. The fourth-order valence-corrected chi connectivity index (χ4v) is 3.36. The second-order valence-electron chi connectivity index (χ2n) is 6.30. The molecule has 0 unspecified atom stereocenters. The van der Waals surface area contributed by atoms with Crippen LogP contribution in [0.15, 0.2) is 53.7 Å². The first kappa shape index (κ1) is 18.3. The molecule has 2 aromatic carbocycles. The minimum absolute atomic E-state index is 0.0606. The summed E-state index contributed by atoms with van der Waals surface area (Å²) in [5, 5.41) is 14.7. The van der Waals surface area contributed by atoms with Gasteiger partial charge < -0.3 is 9.57 Å². The number of hydrogen-bond donors (Lipinski definition) is 0. The number of benzene rings is 2. The Labute approximate surface area is 163 Å². The molecule has 2 aliphatic rings. The van der Waals surface area contributed by atoms with Crippen molar-refractivity contribution in [2.24, 2.45) is 11.1 Å². The lowest BCUT2D eigenvalue weighted by Gasteiger charge is -2.18. The summed E-state index contributed by atoms with van der Waals surface area (Å²) in [5.74, 6) is -2.97. The van der Waals surface area contributed by atoms with Crippen molar-refractivity contribution in [2.75, 3.05) is 12.0 Å². The Kier molecular flexibility index (Phi) is 4.30. The van der Waals surface area contributed by atoms with Gasteiger partial charge in [-0.1, -0.05) is 17.3 Å². The van der Waals surface area contributed by atoms with Crippen LogP contribution in [0.25, 0.3) is 0 Å². The first-order valence-corrected chi connectivity index (χ1v) is 8.47. The van der Waals surface area contributed by atoms with E-state index < -0.39 is 34.7 Å². The highest BCUT2D eigenvalue weighted by atomic mass is 16.7. The van der Waals surface area contributed by atoms with E-state index in [2.05, 4.69) is 5.16 Å². The van der Waals surface area contributed by atoms with E-state index in [-0.39, 0.29) is 22.6 Å². The first-order chi connectivity index (χ1) is 13.9. The summed E-state index contributed by atoms with van der Waals surface area (Å²) in [6.45, 7) is 0. The van der Waals surface area contributed by atoms with Crippen molar-refractivity contribution in [1.29, 1.82) is 0 Å². The Bertz CT molecular complexity index is 1080. The number of fused-ring (bicyclic) bond motifs is 1. The number of anilines is 1. The highest BCUT2D eigenvalue weighted by Crippen LogP contribution is 2.36. The normalized spacial score (nSPS) is 20.2. The van der Waals surface area contributed by atoms with Crippen molar-refractivity contribution in [3.63, 3.8) is 0 Å². The zero-order valence-electron chi connectivity index (χ0n) is 15.0. The van der Waals surface area contributed by atoms with E-state index in [1.165, 1.54) is 43.5 Å². The van der Waals surface area contributed by atoms with Gasteiger partial charge >= 0.3 is 5.97 Å². The summed E-state index contributed by atoms with van der Waals surface area (Å²) in [6, 6.07) is 11.5. The molecule has 29 heavy (non-hydrogen) atoms. The van der Waals surface area contributed by atoms with Crippen LogP contribution >= 0.6 is 0 Å². The van der Waals surface area contributed by atoms with Crippen molar-refractivity contribution >= 4 is 34.9 Å². The zero-order valence-corrected chi connectivity index (χ0v) is 15.0. The fraction of sp³-hybridized carbons (Fsp3) is 0.158. The topological polar surface area (TPSA) is 128 Å². The number of carbonyl (C=O) groups is 3. The van der Waals surface area contributed by atoms with Crippen LogP contribution < -0.4 is 4.90 Å². The van der Waals surface area contributed by atoms with E-state index in [0.29, 0.717) is 5.56 Å². The summed E-state index contributed by atoms with van der Waals surface area (Å²) >= 11 is 0. The standard InChI is InChI=1S/C19H13N3O7/c1-28-19(25)12-4-2-3-5-13(12)21-17(23)14-15(20-29-16(14)18(21)24)10-6-8-11(9-7-10)22(26)27/h2-9,14,16H,1H3/t14-,16-/m1/s1. The molecular formula is C19H13N3O7. The van der Waals surface area contributed by atoms with E-state index in [1.807, 2.05) is 0 Å². The summed E-state index contributed by atoms with van der Waals surface area (Å²) in [7, 11) is 1.20. The van der Waals surface area contributed by atoms with Crippen LogP contribution in [0.4, 0.5) is 11.4 Å². The number of methoxy groups -OCH3 is 1. The van der Waals surface area contributed by atoms with Crippen LogP contribution in [0.5, 0.6) is 0 Å². The molecule has 2 heterocycles. The number of para-hydroxylation sites is 1. The number of nitrogens with zero attached hydrogens (tertiary/aromatic N) is 3. The van der Waals surface area contributed by atoms with E-state index in [4.69, 9.17) is 9.57 Å². The SMILES string of the molecule is COC(=O)c1ccccc1N1C(=O)[C@@H]2C(c3ccc([N+](=O)[O-])cc3)=NO[C@H]2C1=O. The molecule has 1 saturated heterocycles. The van der Waals surface area contributed by atoms with Crippen LogP contribution in [-0.2, 0) is 19.2 Å². The van der Waals surface area contributed by atoms with Gasteiger partial charge in [-0.25, -0.2) is 9.69 Å². The summed E-state index contributed by atoms with van der Waals surface area (Å²) in [4.78, 5) is 54.4. The predicted molar refractivity (Wildman–Crippen MR) is 98.3 cm³/mol. The fourth-order valence-electron chi connectivity index (χ4n) is 3.36. The van der Waals surface area contributed by atoms with E-state index in [9.17, 15) is 24.5 Å². The summed E-state index contributed by atoms with van der Waals surface area (Å²) < 4.78 is 4.72. The molecule has 0 aliphatic carbocycles. The van der Waals surface area contributed by atoms with Crippen molar-refractivity contribution < 1.29 is 28.9 Å². The molecule has 0 radical (unpaired) electrons. The highest BCUT2D eigenvalue weighted by Gasteiger charge is 2.56. The number of nitro benzene ring substituents is 1. The van der Waals surface area contributed by atoms with Crippen LogP contribution in [0.3, 0.4) is 0 Å². The highest BCUT2D eigenvalue weighted by molar-refractivity contribution is 6.33. The third-order valence-corrected chi connectivity index (χ3v) is 4.74. The Morgan fingerprint density at radius 3 is 2.48 bits per heavy atom. The zero-order chi connectivity index (χ0) is 20.7. The lowest BCUT2D eigenvalue weighted by molar-refractivity contribution is -0.384. The van der Waals surface area contributed by atoms with Crippen LogP contribution in [0.1, 0.15) is 15.9 Å². The molecule has 10 heteroatoms. The molecule has 4 rings (SSSR count). The molecule has 146 valence electrons. The largest absolute Gasteiger partial charge is 0.465 e. The van der Waals surface area contributed by atoms with Gasteiger partial charge in [0, 0.05) is 17.7 Å². The maximum Gasteiger partial charge on any atom is 0.339 e. The molecular weight excluding hydrogens is 382 g/mol. The molecule has 2 atom stereocenters. The maximum absolute atomic E-state index is 13.1. The molecule has 0 saturated carbocycles. The van der Waals surface area contributed by atoms with Crippen molar-refractivity contribution in [3.05, 3.63) is 69.8 Å². The lowest BCUT2D eigenvalue weighted by atomic mass is 9.94. The molecule has 0 bridgehead atoms. The maximum atomic E-state index is 13.1. The number of amides is 2. The van der Waals surface area contributed by atoms with Crippen LogP contribution in [0.2, 0.25) is 0 Å². The van der Waals surface area contributed by atoms with Crippen LogP contribution in [0, 0.1) is 16.0 Å². The van der Waals surface area contributed by atoms with Crippen molar-refractivity contribution in [2.45, 2.75) is 6.10 Å². The molecule has 2 amide bonds. The van der Waals surface area contributed by atoms with Crippen molar-refractivity contribution in [1.82, 2.24) is 0 Å². The minimum atomic E-state index is -1.17. The molecule has 0 N–H and O–H groups in total. The third-order valence-electron chi connectivity index (χ3n) is 4.74. The first-order valence-electron chi connectivity index (χ1n) is 8.47. The Morgan fingerprint density at radius 1 is 1.14 bits per heavy atom. The van der Waals surface area contributed by atoms with Gasteiger partial charge in [-0.3, -0.25) is 19.7 Å². The van der Waals surface area contributed by atoms with Gasteiger partial charge in [-0.05, 0) is 24.3 Å². The number of nitro groups is 1. The number of rotatable bonds is 4. The number of carbonyl (C=O) groups excluding carboxylic acids is 3. The number of hydrogen-bond acceptors (Lipinski definition) is 8. The second-order valence-corrected chi connectivity index (χ2v) is 6.30. The van der Waals surface area contributed by atoms with E-state index in [0.717, 1.165) is 4.90 Å². The lowest BCUT2D eigenvalue weighted by Crippen LogP contribution is -2.34. The Hall–Kier alpha value is -4.08.